The average molecular weight is 234 g/mol. The fraction of sp³-hybridized carbons (Fsp3) is 0.562. The lowest BCUT2D eigenvalue weighted by atomic mass is 10.1. The Labute approximate surface area is 106 Å². The van der Waals surface area contributed by atoms with Crippen LogP contribution in [0, 0.1) is 0 Å². The van der Waals surface area contributed by atoms with Crippen LogP contribution in [-0.4, -0.2) is 5.78 Å². The molecule has 0 bridgehead atoms. The fourth-order valence-corrected chi connectivity index (χ4v) is 1.60. The number of carbonyl (C=O) groups is 1. The number of carbonyl (C=O) groups excluding carboxylic acids is 1. The molecule has 0 saturated carbocycles. The maximum Gasteiger partial charge on any atom is 0.132 e. The van der Waals surface area contributed by atoms with Gasteiger partial charge in [0.2, 0.25) is 0 Å². The number of rotatable bonds is 11. The Hall–Kier alpha value is -1.11. The van der Waals surface area contributed by atoms with Crippen LogP contribution < -0.4 is 0 Å². The second-order valence-corrected chi connectivity index (χ2v) is 4.29. The van der Waals surface area contributed by atoms with E-state index in [1.165, 1.54) is 12.8 Å². The van der Waals surface area contributed by atoms with E-state index in [4.69, 9.17) is 0 Å². The number of hydrogen-bond acceptors (Lipinski definition) is 1. The molecule has 0 spiro atoms. The normalized spacial score (nSPS) is 11.4. The summed E-state index contributed by atoms with van der Waals surface area (Å²) in [5, 5.41) is 0. The second kappa shape index (κ2) is 13.0. The van der Waals surface area contributed by atoms with E-state index >= 15 is 0 Å². The molecule has 0 aliphatic rings. The Kier molecular flexibility index (Phi) is 12.1. The third-order valence-electron chi connectivity index (χ3n) is 2.63. The van der Waals surface area contributed by atoms with E-state index in [0.29, 0.717) is 5.78 Å². The molecule has 17 heavy (non-hydrogen) atoms. The summed E-state index contributed by atoms with van der Waals surface area (Å²) in [6, 6.07) is 0. The molecule has 0 rings (SSSR count). The molecule has 0 saturated heterocycles. The van der Waals surface area contributed by atoms with Gasteiger partial charge in [0.05, 0.1) is 0 Å². The quantitative estimate of drug-likeness (QED) is 0.363. The summed E-state index contributed by atoms with van der Waals surface area (Å²) < 4.78 is 0. The molecule has 0 aromatic heterocycles. The largest absolute Gasteiger partial charge is 0.300 e. The molecular weight excluding hydrogens is 208 g/mol. The highest BCUT2D eigenvalue weighted by molar-refractivity contribution is 5.78. The van der Waals surface area contributed by atoms with E-state index in [1.807, 2.05) is 18.2 Å². The minimum atomic E-state index is 0.439. The number of hydrogen-bond donors (Lipinski definition) is 0. The molecular formula is C16H26O. The zero-order chi connectivity index (χ0) is 12.8. The molecule has 0 aliphatic carbocycles. The predicted octanol–water partition coefficient (Wildman–Crippen LogP) is 4.99. The van der Waals surface area contributed by atoms with Gasteiger partial charge in [0.25, 0.3) is 0 Å². The monoisotopic (exact) mass is 234 g/mol. The lowest BCUT2D eigenvalue weighted by Gasteiger charge is -1.99. The molecule has 0 aromatic carbocycles. The van der Waals surface area contributed by atoms with Crippen molar-refractivity contribution in [3.8, 4) is 0 Å². The molecule has 0 atom stereocenters. The fourth-order valence-electron chi connectivity index (χ4n) is 1.60. The molecule has 0 unspecified atom stereocenters. The van der Waals surface area contributed by atoms with E-state index in [1.54, 1.807) is 6.08 Å². The highest BCUT2D eigenvalue weighted by atomic mass is 16.1. The molecule has 0 aliphatic heterocycles. The van der Waals surface area contributed by atoms with Gasteiger partial charge < -0.3 is 0 Å². The van der Waals surface area contributed by atoms with Crippen LogP contribution in [-0.2, 0) is 4.79 Å². The van der Waals surface area contributed by atoms with Crippen LogP contribution in [0.4, 0.5) is 0 Å². The molecule has 1 heteroatoms. The van der Waals surface area contributed by atoms with Crippen molar-refractivity contribution in [3.05, 3.63) is 37.0 Å². The van der Waals surface area contributed by atoms with Crippen molar-refractivity contribution in [1.82, 2.24) is 0 Å². The summed E-state index contributed by atoms with van der Waals surface area (Å²) in [5.41, 5.74) is 0. The third kappa shape index (κ3) is 12.8. The smallest absolute Gasteiger partial charge is 0.132 e. The van der Waals surface area contributed by atoms with Gasteiger partial charge in [0.15, 0.2) is 0 Å². The van der Waals surface area contributed by atoms with E-state index in [2.05, 4.69) is 19.6 Å². The summed E-state index contributed by atoms with van der Waals surface area (Å²) in [6.45, 7) is 5.76. The zero-order valence-electron chi connectivity index (χ0n) is 11.2. The van der Waals surface area contributed by atoms with Crippen molar-refractivity contribution in [2.75, 3.05) is 0 Å². The highest BCUT2D eigenvalue weighted by Gasteiger charge is 2.00. The van der Waals surface area contributed by atoms with Crippen LogP contribution in [0.25, 0.3) is 0 Å². The minimum absolute atomic E-state index is 0.439. The van der Waals surface area contributed by atoms with Gasteiger partial charge in [-0.3, -0.25) is 4.79 Å². The molecule has 0 N–H and O–H groups in total. The van der Waals surface area contributed by atoms with Crippen molar-refractivity contribution in [1.29, 1.82) is 0 Å². The SMILES string of the molecule is C=CC=CC=CCCCCC(=O)CCCCC. The summed E-state index contributed by atoms with van der Waals surface area (Å²) in [5.74, 6) is 0.439. The van der Waals surface area contributed by atoms with Gasteiger partial charge in [-0.25, -0.2) is 0 Å². The van der Waals surface area contributed by atoms with Gasteiger partial charge in [-0.15, -0.1) is 0 Å². The molecule has 0 amide bonds. The molecule has 0 radical (unpaired) electrons. The van der Waals surface area contributed by atoms with Crippen molar-refractivity contribution in [2.45, 2.75) is 58.3 Å². The van der Waals surface area contributed by atoms with Crippen molar-refractivity contribution in [2.24, 2.45) is 0 Å². The first-order valence-electron chi connectivity index (χ1n) is 6.77. The first kappa shape index (κ1) is 15.9. The maximum atomic E-state index is 11.5. The van der Waals surface area contributed by atoms with Gasteiger partial charge in [-0.05, 0) is 25.7 Å². The molecule has 1 nitrogen and oxygen atoms in total. The molecule has 0 fully saturated rings. The highest BCUT2D eigenvalue weighted by Crippen LogP contribution is 2.07. The van der Waals surface area contributed by atoms with Gasteiger partial charge in [0.1, 0.15) is 5.78 Å². The van der Waals surface area contributed by atoms with Gasteiger partial charge in [-0.2, -0.15) is 0 Å². The molecule has 0 heterocycles. The van der Waals surface area contributed by atoms with Crippen LogP contribution in [0.2, 0.25) is 0 Å². The van der Waals surface area contributed by atoms with Gasteiger partial charge in [-0.1, -0.05) is 56.7 Å². The Bertz CT molecular complexity index is 248. The number of ketones is 1. The first-order chi connectivity index (χ1) is 8.31. The molecule has 0 aromatic rings. The van der Waals surface area contributed by atoms with E-state index in [9.17, 15) is 4.79 Å². The minimum Gasteiger partial charge on any atom is -0.300 e. The maximum absolute atomic E-state index is 11.5. The standard InChI is InChI=1S/C16H26O/c1-3-5-7-8-9-10-11-13-15-16(17)14-12-6-4-2/h3,5,7-9H,1,4,6,10-15H2,2H3. The summed E-state index contributed by atoms with van der Waals surface area (Å²) in [6.07, 6.45) is 18.0. The Balaban J connectivity index is 3.32. The zero-order valence-corrected chi connectivity index (χ0v) is 11.2. The van der Waals surface area contributed by atoms with Gasteiger partial charge >= 0.3 is 0 Å². The Morgan fingerprint density at radius 1 is 1.00 bits per heavy atom. The van der Waals surface area contributed by atoms with Crippen molar-refractivity contribution < 1.29 is 4.79 Å². The van der Waals surface area contributed by atoms with Crippen LogP contribution in [0.1, 0.15) is 58.3 Å². The number of allylic oxidation sites excluding steroid dienone is 5. The average Bonchev–Trinajstić information content (AvgIpc) is 2.33. The topological polar surface area (TPSA) is 17.1 Å². The number of unbranched alkanes of at least 4 members (excludes halogenated alkanes) is 4. The Morgan fingerprint density at radius 2 is 1.71 bits per heavy atom. The van der Waals surface area contributed by atoms with Crippen LogP contribution >= 0.6 is 0 Å². The lowest BCUT2D eigenvalue weighted by Crippen LogP contribution is -1.97. The van der Waals surface area contributed by atoms with Crippen LogP contribution in [0.3, 0.4) is 0 Å². The number of Topliss-reactive ketones (excluding diaryl/α,β-unsaturated/α-hetero) is 1. The van der Waals surface area contributed by atoms with E-state index < -0.39 is 0 Å². The summed E-state index contributed by atoms with van der Waals surface area (Å²) in [4.78, 5) is 11.5. The predicted molar refractivity (Wildman–Crippen MR) is 76.1 cm³/mol. The summed E-state index contributed by atoms with van der Waals surface area (Å²) >= 11 is 0. The van der Waals surface area contributed by atoms with Crippen molar-refractivity contribution >= 4 is 5.78 Å². The summed E-state index contributed by atoms with van der Waals surface area (Å²) in [7, 11) is 0. The molecule has 96 valence electrons. The second-order valence-electron chi connectivity index (χ2n) is 4.29. The third-order valence-corrected chi connectivity index (χ3v) is 2.63. The van der Waals surface area contributed by atoms with E-state index in [-0.39, 0.29) is 0 Å². The first-order valence-corrected chi connectivity index (χ1v) is 6.77. The van der Waals surface area contributed by atoms with Crippen LogP contribution in [0.5, 0.6) is 0 Å². The Morgan fingerprint density at radius 3 is 2.35 bits per heavy atom. The van der Waals surface area contributed by atoms with Crippen LogP contribution in [0.15, 0.2) is 37.0 Å². The van der Waals surface area contributed by atoms with E-state index in [0.717, 1.165) is 38.5 Å². The van der Waals surface area contributed by atoms with Gasteiger partial charge in [0, 0.05) is 12.8 Å². The van der Waals surface area contributed by atoms with Crippen molar-refractivity contribution in [3.63, 3.8) is 0 Å². The lowest BCUT2D eigenvalue weighted by molar-refractivity contribution is -0.119.